The Bertz CT molecular complexity index is 729. The molecule has 0 unspecified atom stereocenters. The molecule has 4 heteroatoms. The predicted molar refractivity (Wildman–Crippen MR) is 97.4 cm³/mol. The molecule has 2 aromatic rings. The first-order valence-corrected chi connectivity index (χ1v) is 8.27. The average molecular weight is 331 g/mol. The summed E-state index contributed by atoms with van der Waals surface area (Å²) >= 11 is 6.16. The lowest BCUT2D eigenvalue weighted by atomic mass is 9.97. The summed E-state index contributed by atoms with van der Waals surface area (Å²) in [6.07, 6.45) is 5.58. The summed E-state index contributed by atoms with van der Waals surface area (Å²) < 4.78 is 5.38. The molecular weight excluding hydrogens is 308 g/mol. The van der Waals surface area contributed by atoms with E-state index in [1.165, 1.54) is 23.1 Å². The van der Waals surface area contributed by atoms with E-state index in [9.17, 15) is 0 Å². The molecule has 0 radical (unpaired) electrons. The van der Waals surface area contributed by atoms with Crippen LogP contribution in [0, 0.1) is 13.8 Å². The first-order valence-electron chi connectivity index (χ1n) is 7.90. The molecule has 3 nitrogen and oxygen atoms in total. The van der Waals surface area contributed by atoms with Crippen LogP contribution in [0.4, 0.5) is 0 Å². The molecule has 0 aliphatic rings. The molecule has 0 saturated carbocycles. The Morgan fingerprint density at radius 1 is 1.35 bits per heavy atom. The van der Waals surface area contributed by atoms with Crippen molar-refractivity contribution in [2.75, 3.05) is 6.54 Å². The van der Waals surface area contributed by atoms with E-state index in [-0.39, 0.29) is 0 Å². The third kappa shape index (κ3) is 4.55. The van der Waals surface area contributed by atoms with Gasteiger partial charge in [-0.05, 0) is 62.4 Å². The Morgan fingerprint density at radius 2 is 2.13 bits per heavy atom. The highest BCUT2D eigenvalue weighted by Crippen LogP contribution is 2.26. The molecule has 122 valence electrons. The zero-order valence-electron chi connectivity index (χ0n) is 14.2. The van der Waals surface area contributed by atoms with E-state index < -0.39 is 0 Å². The molecule has 1 aromatic heterocycles. The van der Waals surface area contributed by atoms with E-state index in [0.29, 0.717) is 6.54 Å². The summed E-state index contributed by atoms with van der Waals surface area (Å²) in [6.45, 7) is 8.86. The number of aliphatic imine (C=N–C) groups is 1. The van der Waals surface area contributed by atoms with Gasteiger partial charge in [-0.25, -0.2) is 4.98 Å². The van der Waals surface area contributed by atoms with E-state index in [1.54, 1.807) is 0 Å². The van der Waals surface area contributed by atoms with Crippen molar-refractivity contribution >= 4 is 22.9 Å². The monoisotopic (exact) mass is 330 g/mol. The number of hydrogen-bond acceptors (Lipinski definition) is 3. The second-order valence-corrected chi connectivity index (χ2v) is 6.02. The van der Waals surface area contributed by atoms with Crippen LogP contribution in [-0.4, -0.2) is 17.2 Å². The van der Waals surface area contributed by atoms with Gasteiger partial charge < -0.3 is 4.42 Å². The Balaban J connectivity index is 2.14. The number of aromatic nitrogens is 1. The first-order chi connectivity index (χ1) is 11.0. The van der Waals surface area contributed by atoms with Crippen molar-refractivity contribution < 1.29 is 4.42 Å². The van der Waals surface area contributed by atoms with Crippen molar-refractivity contribution in [1.29, 1.82) is 0 Å². The zero-order valence-corrected chi connectivity index (χ0v) is 14.9. The summed E-state index contributed by atoms with van der Waals surface area (Å²) in [5, 5.41) is 0.768. The normalized spacial score (nSPS) is 12.7. The van der Waals surface area contributed by atoms with Crippen molar-refractivity contribution in [3.8, 4) is 0 Å². The summed E-state index contributed by atoms with van der Waals surface area (Å²) in [5.41, 5.74) is 5.50. The van der Waals surface area contributed by atoms with Crippen LogP contribution in [0.5, 0.6) is 0 Å². The topological polar surface area (TPSA) is 38.4 Å². The number of rotatable bonds is 6. The molecule has 0 bridgehead atoms. The van der Waals surface area contributed by atoms with Crippen LogP contribution < -0.4 is 0 Å². The van der Waals surface area contributed by atoms with Gasteiger partial charge in [0.2, 0.25) is 0 Å². The average Bonchev–Trinajstić information content (AvgIpc) is 2.95. The Kier molecular flexibility index (Phi) is 6.17. The minimum Gasteiger partial charge on any atom is -0.442 e. The molecule has 0 aliphatic carbocycles. The minimum absolute atomic E-state index is 0.712. The van der Waals surface area contributed by atoms with Crippen molar-refractivity contribution in [1.82, 2.24) is 4.98 Å². The first kappa shape index (κ1) is 17.5. The highest BCUT2D eigenvalue weighted by Gasteiger charge is 2.08. The molecule has 23 heavy (non-hydrogen) atoms. The molecule has 1 aromatic carbocycles. The smallest absolute Gasteiger partial charge is 0.181 e. The third-order valence-corrected chi connectivity index (χ3v) is 4.04. The highest BCUT2D eigenvalue weighted by atomic mass is 35.5. The van der Waals surface area contributed by atoms with Gasteiger partial charge in [-0.2, -0.15) is 0 Å². The maximum atomic E-state index is 6.16. The lowest BCUT2D eigenvalue weighted by Crippen LogP contribution is -1.99. The Hall–Kier alpha value is -1.87. The van der Waals surface area contributed by atoms with E-state index in [2.05, 4.69) is 36.0 Å². The van der Waals surface area contributed by atoms with E-state index >= 15 is 0 Å². The quantitative estimate of drug-likeness (QED) is 0.643. The molecule has 0 saturated heterocycles. The molecule has 0 spiro atoms. The zero-order chi connectivity index (χ0) is 16.8. The molecule has 0 atom stereocenters. The van der Waals surface area contributed by atoms with E-state index in [0.717, 1.165) is 35.0 Å². The van der Waals surface area contributed by atoms with Crippen LogP contribution in [0.2, 0.25) is 5.02 Å². The van der Waals surface area contributed by atoms with Crippen molar-refractivity contribution in [3.05, 3.63) is 58.3 Å². The van der Waals surface area contributed by atoms with E-state index in [1.807, 2.05) is 26.0 Å². The Morgan fingerprint density at radius 3 is 2.78 bits per heavy atom. The maximum Gasteiger partial charge on any atom is 0.181 e. The minimum atomic E-state index is 0.712. The highest BCUT2D eigenvalue weighted by molar-refractivity contribution is 6.30. The van der Waals surface area contributed by atoms with Gasteiger partial charge in [0.05, 0.1) is 11.4 Å². The Labute approximate surface area is 143 Å². The van der Waals surface area contributed by atoms with Gasteiger partial charge in [-0.3, -0.25) is 4.99 Å². The predicted octanol–water partition coefficient (Wildman–Crippen LogP) is 5.64. The second kappa shape index (κ2) is 8.11. The lowest BCUT2D eigenvalue weighted by Gasteiger charge is -2.11. The number of oxazole rings is 1. The van der Waals surface area contributed by atoms with E-state index in [4.69, 9.17) is 16.0 Å². The molecule has 0 aliphatic heterocycles. The van der Waals surface area contributed by atoms with Gasteiger partial charge in [-0.1, -0.05) is 30.7 Å². The molecule has 0 amide bonds. The number of aryl methyl sites for hydroxylation is 2. The van der Waals surface area contributed by atoms with Crippen molar-refractivity contribution in [2.24, 2.45) is 4.99 Å². The number of nitrogens with zero attached hydrogens (tertiary/aromatic N) is 2. The third-order valence-electron chi connectivity index (χ3n) is 3.80. The van der Waals surface area contributed by atoms with Gasteiger partial charge in [0.1, 0.15) is 0 Å². The largest absolute Gasteiger partial charge is 0.442 e. The van der Waals surface area contributed by atoms with Gasteiger partial charge in [0.15, 0.2) is 12.2 Å². The van der Waals surface area contributed by atoms with Crippen LogP contribution in [-0.2, 0) is 0 Å². The molecule has 2 rings (SSSR count). The van der Waals surface area contributed by atoms with Crippen LogP contribution in [0.25, 0.3) is 5.57 Å². The van der Waals surface area contributed by atoms with Crippen LogP contribution in [0.1, 0.15) is 49.3 Å². The fourth-order valence-electron chi connectivity index (χ4n) is 2.60. The van der Waals surface area contributed by atoms with Crippen molar-refractivity contribution in [2.45, 2.75) is 40.5 Å². The van der Waals surface area contributed by atoms with Crippen LogP contribution in [0.15, 0.2) is 40.1 Å². The molecule has 0 fully saturated rings. The van der Waals surface area contributed by atoms with Crippen LogP contribution in [0.3, 0.4) is 0 Å². The fourth-order valence-corrected chi connectivity index (χ4v) is 2.77. The van der Waals surface area contributed by atoms with Gasteiger partial charge >= 0.3 is 0 Å². The molecule has 0 N–H and O–H groups in total. The second-order valence-electron chi connectivity index (χ2n) is 5.58. The number of allylic oxidation sites excluding steroid dienone is 1. The number of hydrogen-bond donors (Lipinski definition) is 0. The fraction of sp³-hybridized carbons (Fsp3) is 0.368. The lowest BCUT2D eigenvalue weighted by molar-refractivity contribution is 0.547. The van der Waals surface area contributed by atoms with Gasteiger partial charge in [0.25, 0.3) is 0 Å². The SMILES string of the molecule is CCC=C(CCN=C(C)c1ocnc1C)c1cc(Cl)ccc1C. The van der Waals surface area contributed by atoms with Crippen molar-refractivity contribution in [3.63, 3.8) is 0 Å². The van der Waals surface area contributed by atoms with Crippen LogP contribution >= 0.6 is 11.6 Å². The summed E-state index contributed by atoms with van der Waals surface area (Å²) in [7, 11) is 0. The summed E-state index contributed by atoms with van der Waals surface area (Å²) in [6, 6.07) is 6.03. The summed E-state index contributed by atoms with van der Waals surface area (Å²) in [4.78, 5) is 8.74. The standard InChI is InChI=1S/C19H23ClN2O/c1-5-6-16(18-11-17(20)8-7-13(18)2)9-10-21-14(3)19-15(4)22-12-23-19/h6-8,11-12H,5,9-10H2,1-4H3. The maximum absolute atomic E-state index is 6.16. The molecule has 1 heterocycles. The summed E-state index contributed by atoms with van der Waals surface area (Å²) in [5.74, 6) is 0.768. The van der Waals surface area contributed by atoms with Gasteiger partial charge in [0, 0.05) is 11.6 Å². The van der Waals surface area contributed by atoms with Gasteiger partial charge in [-0.15, -0.1) is 0 Å². The number of halogens is 1. The number of benzene rings is 1. The molecular formula is C19H23ClN2O.